The highest BCUT2D eigenvalue weighted by molar-refractivity contribution is 5.61. The van der Waals surface area contributed by atoms with Gasteiger partial charge >= 0.3 is 0 Å². The molecule has 1 aliphatic rings. The predicted molar refractivity (Wildman–Crippen MR) is 77.2 cm³/mol. The number of hydrogen-bond acceptors (Lipinski definition) is 2. The first-order valence-corrected chi connectivity index (χ1v) is 6.90. The third-order valence-electron chi connectivity index (χ3n) is 3.61. The molecule has 0 saturated heterocycles. The molecule has 1 heterocycles. The van der Waals surface area contributed by atoms with Crippen molar-refractivity contribution in [3.63, 3.8) is 0 Å². The molecule has 0 amide bonds. The topological polar surface area (TPSA) is 23.5 Å². The van der Waals surface area contributed by atoms with E-state index in [0.29, 0.717) is 12.1 Å². The summed E-state index contributed by atoms with van der Waals surface area (Å²) in [4.78, 5) is 2.49. The summed E-state index contributed by atoms with van der Waals surface area (Å²) in [7, 11) is 0. The Bertz CT molecular complexity index is 431. The fourth-order valence-corrected chi connectivity index (χ4v) is 3.10. The lowest BCUT2D eigenvalue weighted by atomic mass is 9.96. The number of rotatable bonds is 3. The van der Waals surface area contributed by atoms with Crippen LogP contribution in [0.2, 0.25) is 0 Å². The van der Waals surface area contributed by atoms with Crippen LogP contribution in [0, 0.1) is 0 Å². The van der Waals surface area contributed by atoms with Gasteiger partial charge in [0.2, 0.25) is 0 Å². The minimum atomic E-state index is -0.629. The van der Waals surface area contributed by atoms with Gasteiger partial charge in [-0.3, -0.25) is 0 Å². The van der Waals surface area contributed by atoms with E-state index in [1.54, 1.807) is 0 Å². The van der Waals surface area contributed by atoms with Crippen LogP contribution in [0.15, 0.2) is 18.2 Å². The van der Waals surface area contributed by atoms with Crippen molar-refractivity contribution in [1.82, 2.24) is 0 Å². The lowest BCUT2D eigenvalue weighted by Crippen LogP contribution is -2.35. The van der Waals surface area contributed by atoms with Crippen molar-refractivity contribution >= 4 is 5.69 Å². The average Bonchev–Trinajstić information content (AvgIpc) is 2.50. The molecule has 1 N–H and O–H groups in total. The molecule has 100 valence electrons. The first kappa shape index (κ1) is 13.4. The van der Waals surface area contributed by atoms with Crippen LogP contribution < -0.4 is 4.90 Å². The standard InChI is InChI=1S/C16H25NO/c1-11(2)17-12(3)8-14-9-13(6-7-15(14)17)10-16(4,5)18/h6-7,9,11-12,18H,8,10H2,1-5H3. The van der Waals surface area contributed by atoms with E-state index in [1.165, 1.54) is 16.8 Å². The number of fused-ring (bicyclic) bond motifs is 1. The van der Waals surface area contributed by atoms with Crippen LogP contribution in [0.4, 0.5) is 5.69 Å². The summed E-state index contributed by atoms with van der Waals surface area (Å²) in [5.41, 5.74) is 3.41. The smallest absolute Gasteiger partial charge is 0.0631 e. The Morgan fingerprint density at radius 2 is 2.06 bits per heavy atom. The highest BCUT2D eigenvalue weighted by atomic mass is 16.3. The van der Waals surface area contributed by atoms with Crippen LogP contribution in [0.3, 0.4) is 0 Å². The quantitative estimate of drug-likeness (QED) is 0.887. The van der Waals surface area contributed by atoms with Crippen molar-refractivity contribution in [2.24, 2.45) is 0 Å². The summed E-state index contributed by atoms with van der Waals surface area (Å²) in [6, 6.07) is 7.77. The summed E-state index contributed by atoms with van der Waals surface area (Å²) in [5.74, 6) is 0. The van der Waals surface area contributed by atoms with Crippen LogP contribution in [-0.4, -0.2) is 22.8 Å². The molecule has 2 nitrogen and oxygen atoms in total. The first-order chi connectivity index (χ1) is 8.28. The lowest BCUT2D eigenvalue weighted by Gasteiger charge is -2.29. The average molecular weight is 247 g/mol. The fraction of sp³-hybridized carbons (Fsp3) is 0.625. The second kappa shape index (κ2) is 4.58. The number of benzene rings is 1. The normalized spacial score (nSPS) is 19.5. The Morgan fingerprint density at radius 1 is 1.39 bits per heavy atom. The molecule has 0 radical (unpaired) electrons. The minimum absolute atomic E-state index is 0.543. The fourth-order valence-electron chi connectivity index (χ4n) is 3.10. The van der Waals surface area contributed by atoms with E-state index in [-0.39, 0.29) is 0 Å². The number of nitrogens with zero attached hydrogens (tertiary/aromatic N) is 1. The maximum atomic E-state index is 9.90. The van der Waals surface area contributed by atoms with Crippen molar-refractivity contribution < 1.29 is 5.11 Å². The molecular formula is C16H25NO. The van der Waals surface area contributed by atoms with Crippen molar-refractivity contribution in [2.75, 3.05) is 4.90 Å². The van der Waals surface area contributed by atoms with E-state index in [0.717, 1.165) is 12.8 Å². The van der Waals surface area contributed by atoms with Crippen molar-refractivity contribution in [1.29, 1.82) is 0 Å². The van der Waals surface area contributed by atoms with Crippen LogP contribution in [0.25, 0.3) is 0 Å². The predicted octanol–water partition coefficient (Wildman–Crippen LogP) is 3.16. The molecule has 0 fully saturated rings. The largest absolute Gasteiger partial charge is 0.390 e. The Hall–Kier alpha value is -1.02. The van der Waals surface area contributed by atoms with Crippen molar-refractivity contribution in [2.45, 2.75) is 65.1 Å². The molecule has 0 aromatic heterocycles. The number of anilines is 1. The minimum Gasteiger partial charge on any atom is -0.390 e. The Labute approximate surface area is 111 Å². The molecule has 1 aromatic rings. The molecule has 1 unspecified atom stereocenters. The molecule has 2 heteroatoms. The van der Waals surface area contributed by atoms with E-state index in [4.69, 9.17) is 0 Å². The van der Waals surface area contributed by atoms with E-state index in [9.17, 15) is 5.11 Å². The summed E-state index contributed by atoms with van der Waals surface area (Å²) >= 11 is 0. The zero-order valence-corrected chi connectivity index (χ0v) is 12.2. The molecule has 0 bridgehead atoms. The third kappa shape index (κ3) is 2.69. The summed E-state index contributed by atoms with van der Waals surface area (Å²) in [6.07, 6.45) is 1.84. The lowest BCUT2D eigenvalue weighted by molar-refractivity contribution is 0.0810. The van der Waals surface area contributed by atoms with Gasteiger partial charge in [0.05, 0.1) is 5.60 Å². The zero-order valence-electron chi connectivity index (χ0n) is 12.2. The van der Waals surface area contributed by atoms with E-state index < -0.39 is 5.60 Å². The maximum absolute atomic E-state index is 9.90. The van der Waals surface area contributed by atoms with Gasteiger partial charge in [0.15, 0.2) is 0 Å². The second-order valence-electron chi connectivity index (χ2n) is 6.51. The third-order valence-corrected chi connectivity index (χ3v) is 3.61. The van der Waals surface area contributed by atoms with Gasteiger partial charge in [-0.25, -0.2) is 0 Å². The molecule has 2 rings (SSSR count). The molecule has 0 spiro atoms. The van der Waals surface area contributed by atoms with Crippen LogP contribution >= 0.6 is 0 Å². The van der Waals surface area contributed by atoms with Crippen LogP contribution in [-0.2, 0) is 12.8 Å². The van der Waals surface area contributed by atoms with Gasteiger partial charge in [0.1, 0.15) is 0 Å². The van der Waals surface area contributed by atoms with Gasteiger partial charge in [-0.2, -0.15) is 0 Å². The number of aliphatic hydroxyl groups is 1. The van der Waals surface area contributed by atoms with E-state index in [2.05, 4.69) is 43.9 Å². The molecular weight excluding hydrogens is 222 g/mol. The summed E-state index contributed by atoms with van der Waals surface area (Å²) < 4.78 is 0. The molecule has 0 saturated carbocycles. The Morgan fingerprint density at radius 3 is 2.61 bits per heavy atom. The first-order valence-electron chi connectivity index (χ1n) is 6.90. The second-order valence-corrected chi connectivity index (χ2v) is 6.51. The Kier molecular flexibility index (Phi) is 3.41. The van der Waals surface area contributed by atoms with Gasteiger partial charge in [-0.15, -0.1) is 0 Å². The molecule has 1 atom stereocenters. The van der Waals surface area contributed by atoms with Gasteiger partial charge in [-0.05, 0) is 58.2 Å². The van der Waals surface area contributed by atoms with Crippen molar-refractivity contribution in [3.05, 3.63) is 29.3 Å². The van der Waals surface area contributed by atoms with Crippen molar-refractivity contribution in [3.8, 4) is 0 Å². The number of hydrogen-bond donors (Lipinski definition) is 1. The van der Waals surface area contributed by atoms with E-state index in [1.807, 2.05) is 13.8 Å². The maximum Gasteiger partial charge on any atom is 0.0631 e. The highest BCUT2D eigenvalue weighted by Crippen LogP contribution is 2.34. The van der Waals surface area contributed by atoms with Gasteiger partial charge < -0.3 is 10.0 Å². The SMILES string of the molecule is CC(C)N1c2ccc(CC(C)(C)O)cc2CC1C. The highest BCUT2D eigenvalue weighted by Gasteiger charge is 2.28. The molecule has 1 aliphatic heterocycles. The summed E-state index contributed by atoms with van der Waals surface area (Å²) in [5, 5.41) is 9.90. The van der Waals surface area contributed by atoms with Gasteiger partial charge in [0, 0.05) is 24.2 Å². The van der Waals surface area contributed by atoms with Crippen LogP contribution in [0.5, 0.6) is 0 Å². The van der Waals surface area contributed by atoms with E-state index >= 15 is 0 Å². The van der Waals surface area contributed by atoms with Crippen LogP contribution in [0.1, 0.15) is 45.7 Å². The zero-order chi connectivity index (χ0) is 13.5. The molecule has 0 aliphatic carbocycles. The van der Waals surface area contributed by atoms with Gasteiger partial charge in [0.25, 0.3) is 0 Å². The Balaban J connectivity index is 2.28. The molecule has 18 heavy (non-hydrogen) atoms. The van der Waals surface area contributed by atoms with Gasteiger partial charge in [-0.1, -0.05) is 12.1 Å². The molecule has 1 aromatic carbocycles. The monoisotopic (exact) mass is 247 g/mol. The summed E-state index contributed by atoms with van der Waals surface area (Å²) in [6.45, 7) is 10.5.